The van der Waals surface area contributed by atoms with E-state index in [2.05, 4.69) is 4.72 Å². The summed E-state index contributed by atoms with van der Waals surface area (Å²) >= 11 is 0. The van der Waals surface area contributed by atoms with Crippen molar-refractivity contribution in [2.24, 2.45) is 5.73 Å². The number of nitrogens with one attached hydrogen (secondary N) is 1. The lowest BCUT2D eigenvalue weighted by molar-refractivity contribution is 0.282. The summed E-state index contributed by atoms with van der Waals surface area (Å²) in [6.45, 7) is 1.76. The third-order valence-electron chi connectivity index (χ3n) is 3.10. The molecular formula is C15H18N2O3S. The Labute approximate surface area is 124 Å². The molecule has 1 atom stereocenters. The summed E-state index contributed by atoms with van der Waals surface area (Å²) in [7, 11) is -3.63. The molecule has 1 unspecified atom stereocenters. The van der Waals surface area contributed by atoms with Crippen LogP contribution in [0.4, 0.5) is 5.69 Å². The third-order valence-corrected chi connectivity index (χ3v) is 4.50. The average molecular weight is 306 g/mol. The Kier molecular flexibility index (Phi) is 4.62. The minimum absolute atomic E-state index is 0.0776. The van der Waals surface area contributed by atoms with Crippen molar-refractivity contribution in [2.75, 3.05) is 4.72 Å². The number of rotatable bonds is 5. The van der Waals surface area contributed by atoms with Gasteiger partial charge >= 0.3 is 0 Å². The monoisotopic (exact) mass is 306 g/mol. The fourth-order valence-corrected chi connectivity index (χ4v) is 2.90. The van der Waals surface area contributed by atoms with Gasteiger partial charge in [0.1, 0.15) is 0 Å². The highest BCUT2D eigenvalue weighted by Gasteiger charge is 2.14. The quantitative estimate of drug-likeness (QED) is 0.787. The Morgan fingerprint density at radius 1 is 1.10 bits per heavy atom. The number of aliphatic hydroxyl groups is 1. The van der Waals surface area contributed by atoms with Gasteiger partial charge in [-0.1, -0.05) is 24.3 Å². The molecule has 2 aromatic carbocycles. The van der Waals surface area contributed by atoms with Gasteiger partial charge in [-0.2, -0.15) is 0 Å². The number of benzene rings is 2. The van der Waals surface area contributed by atoms with Gasteiger partial charge in [0, 0.05) is 11.7 Å². The highest BCUT2D eigenvalue weighted by atomic mass is 32.2. The second-order valence-electron chi connectivity index (χ2n) is 4.82. The molecule has 112 valence electrons. The van der Waals surface area contributed by atoms with Gasteiger partial charge in [0.05, 0.1) is 11.5 Å². The van der Waals surface area contributed by atoms with E-state index in [0.717, 1.165) is 11.1 Å². The van der Waals surface area contributed by atoms with Crippen LogP contribution in [0.1, 0.15) is 24.1 Å². The lowest BCUT2D eigenvalue weighted by Gasteiger charge is -2.10. The molecular weight excluding hydrogens is 288 g/mol. The zero-order valence-corrected chi connectivity index (χ0v) is 12.5. The SMILES string of the molecule is CC(N)c1ccc(S(=O)(=O)Nc2ccc(CO)cc2)cc1. The first kappa shape index (κ1) is 15.5. The summed E-state index contributed by atoms with van der Waals surface area (Å²) in [6, 6.07) is 12.9. The van der Waals surface area contributed by atoms with Crippen molar-refractivity contribution >= 4 is 15.7 Å². The molecule has 0 saturated carbocycles. The number of hydrogen-bond donors (Lipinski definition) is 3. The standard InChI is InChI=1S/C15H18N2O3S/c1-11(16)13-4-8-15(9-5-13)21(19,20)17-14-6-2-12(10-18)3-7-14/h2-9,11,17-18H,10,16H2,1H3. The fourth-order valence-electron chi connectivity index (χ4n) is 1.84. The van der Waals surface area contributed by atoms with Crippen LogP contribution in [0.2, 0.25) is 0 Å². The van der Waals surface area contributed by atoms with Crippen molar-refractivity contribution in [3.05, 3.63) is 59.7 Å². The van der Waals surface area contributed by atoms with Crippen LogP contribution in [0.15, 0.2) is 53.4 Å². The lowest BCUT2D eigenvalue weighted by atomic mass is 10.1. The average Bonchev–Trinajstić information content (AvgIpc) is 2.48. The maximum atomic E-state index is 12.2. The van der Waals surface area contributed by atoms with E-state index in [1.165, 1.54) is 12.1 Å². The maximum absolute atomic E-state index is 12.2. The van der Waals surface area contributed by atoms with Gasteiger partial charge in [-0.3, -0.25) is 4.72 Å². The van der Waals surface area contributed by atoms with Crippen molar-refractivity contribution in [2.45, 2.75) is 24.5 Å². The first-order chi connectivity index (χ1) is 9.92. The van der Waals surface area contributed by atoms with Crippen LogP contribution >= 0.6 is 0 Å². The topological polar surface area (TPSA) is 92.4 Å². The largest absolute Gasteiger partial charge is 0.392 e. The lowest BCUT2D eigenvalue weighted by Crippen LogP contribution is -2.13. The van der Waals surface area contributed by atoms with Gasteiger partial charge in [0.15, 0.2) is 0 Å². The number of sulfonamides is 1. The molecule has 0 saturated heterocycles. The fraction of sp³-hybridized carbons (Fsp3) is 0.200. The Hall–Kier alpha value is -1.89. The number of aliphatic hydroxyl groups excluding tert-OH is 1. The molecule has 0 aliphatic carbocycles. The van der Waals surface area contributed by atoms with E-state index in [-0.39, 0.29) is 17.5 Å². The first-order valence-corrected chi connectivity index (χ1v) is 7.99. The second kappa shape index (κ2) is 6.26. The van der Waals surface area contributed by atoms with Crippen LogP contribution in [0.25, 0.3) is 0 Å². The summed E-state index contributed by atoms with van der Waals surface area (Å²) in [4.78, 5) is 0.179. The molecule has 0 spiro atoms. The molecule has 0 heterocycles. The molecule has 0 aromatic heterocycles. The zero-order valence-electron chi connectivity index (χ0n) is 11.7. The van der Waals surface area contributed by atoms with E-state index in [1.54, 1.807) is 36.4 Å². The molecule has 2 rings (SSSR count). The molecule has 0 aliphatic heterocycles. The van der Waals surface area contributed by atoms with Gasteiger partial charge in [-0.25, -0.2) is 8.42 Å². The van der Waals surface area contributed by atoms with E-state index < -0.39 is 10.0 Å². The van der Waals surface area contributed by atoms with Crippen LogP contribution in [0, 0.1) is 0 Å². The van der Waals surface area contributed by atoms with Gasteiger partial charge in [-0.05, 0) is 42.3 Å². The Bertz CT molecular complexity index is 693. The van der Waals surface area contributed by atoms with E-state index in [4.69, 9.17) is 10.8 Å². The minimum atomic E-state index is -3.63. The van der Waals surface area contributed by atoms with Gasteiger partial charge in [-0.15, -0.1) is 0 Å². The van der Waals surface area contributed by atoms with Crippen LogP contribution in [0.5, 0.6) is 0 Å². The van der Waals surface area contributed by atoms with Crippen LogP contribution in [0.3, 0.4) is 0 Å². The van der Waals surface area contributed by atoms with Gasteiger partial charge in [0.2, 0.25) is 0 Å². The molecule has 0 fully saturated rings. The molecule has 5 nitrogen and oxygen atoms in total. The number of nitrogens with two attached hydrogens (primary N) is 1. The zero-order chi connectivity index (χ0) is 15.5. The van der Waals surface area contributed by atoms with Crippen LogP contribution in [-0.4, -0.2) is 13.5 Å². The first-order valence-electron chi connectivity index (χ1n) is 6.50. The molecule has 0 radical (unpaired) electrons. The van der Waals surface area contributed by atoms with E-state index in [9.17, 15) is 8.42 Å². The third kappa shape index (κ3) is 3.81. The Morgan fingerprint density at radius 3 is 2.14 bits per heavy atom. The molecule has 0 aliphatic rings. The molecule has 4 N–H and O–H groups in total. The van der Waals surface area contributed by atoms with Crippen molar-refractivity contribution in [3.63, 3.8) is 0 Å². The molecule has 21 heavy (non-hydrogen) atoms. The minimum Gasteiger partial charge on any atom is -0.392 e. The Balaban J connectivity index is 2.20. The van der Waals surface area contributed by atoms with Crippen LogP contribution in [-0.2, 0) is 16.6 Å². The van der Waals surface area contributed by atoms with E-state index in [1.807, 2.05) is 6.92 Å². The van der Waals surface area contributed by atoms with Gasteiger partial charge < -0.3 is 10.8 Å². The summed E-state index contributed by atoms with van der Waals surface area (Å²) < 4.78 is 27.0. The summed E-state index contributed by atoms with van der Waals surface area (Å²) in [5.41, 5.74) is 7.78. The van der Waals surface area contributed by atoms with Crippen molar-refractivity contribution in [3.8, 4) is 0 Å². The van der Waals surface area contributed by atoms with E-state index >= 15 is 0 Å². The molecule has 0 amide bonds. The Morgan fingerprint density at radius 2 is 1.67 bits per heavy atom. The normalized spacial score (nSPS) is 12.9. The summed E-state index contributed by atoms with van der Waals surface area (Å²) in [5, 5.41) is 8.96. The summed E-state index contributed by atoms with van der Waals surface area (Å²) in [6.07, 6.45) is 0. The van der Waals surface area contributed by atoms with Gasteiger partial charge in [0.25, 0.3) is 10.0 Å². The van der Waals surface area contributed by atoms with Crippen LogP contribution < -0.4 is 10.5 Å². The highest BCUT2D eigenvalue weighted by molar-refractivity contribution is 7.92. The molecule has 6 heteroatoms. The smallest absolute Gasteiger partial charge is 0.261 e. The molecule has 0 bridgehead atoms. The predicted molar refractivity (Wildman–Crippen MR) is 82.2 cm³/mol. The molecule has 2 aromatic rings. The predicted octanol–water partition coefficient (Wildman–Crippen LogP) is 2.00. The number of hydrogen-bond acceptors (Lipinski definition) is 4. The summed E-state index contributed by atoms with van der Waals surface area (Å²) in [5.74, 6) is 0. The van der Waals surface area contributed by atoms with Crippen molar-refractivity contribution in [1.29, 1.82) is 0 Å². The van der Waals surface area contributed by atoms with Crippen molar-refractivity contribution in [1.82, 2.24) is 0 Å². The maximum Gasteiger partial charge on any atom is 0.261 e. The van der Waals surface area contributed by atoms with Crippen molar-refractivity contribution < 1.29 is 13.5 Å². The van der Waals surface area contributed by atoms with E-state index in [0.29, 0.717) is 5.69 Å². The second-order valence-corrected chi connectivity index (χ2v) is 6.50. The number of anilines is 1. The highest BCUT2D eigenvalue weighted by Crippen LogP contribution is 2.18.